The summed E-state index contributed by atoms with van der Waals surface area (Å²) in [5.41, 5.74) is 3.90. The second-order valence-electron chi connectivity index (χ2n) is 4.46. The molecule has 102 valence electrons. The Hall–Kier alpha value is -1.94. The van der Waals surface area contributed by atoms with E-state index in [1.54, 1.807) is 0 Å². The molecular weight excluding hydrogens is 232 g/mol. The van der Waals surface area contributed by atoms with Gasteiger partial charge in [-0.05, 0) is 69.5 Å². The van der Waals surface area contributed by atoms with E-state index in [0.29, 0.717) is 0 Å². The zero-order valence-electron chi connectivity index (χ0n) is 12.7. The van der Waals surface area contributed by atoms with Crippen LogP contribution in [0, 0.1) is 19.8 Å². The molecule has 0 spiro atoms. The van der Waals surface area contributed by atoms with Crippen molar-refractivity contribution >= 4 is 0 Å². The fourth-order valence-corrected chi connectivity index (χ4v) is 1.72. The summed E-state index contributed by atoms with van der Waals surface area (Å²) in [7, 11) is 0. The van der Waals surface area contributed by atoms with Crippen LogP contribution < -0.4 is 4.74 Å². The predicted molar refractivity (Wildman–Crippen MR) is 84.3 cm³/mol. The monoisotopic (exact) mass is 256 g/mol. The van der Waals surface area contributed by atoms with Gasteiger partial charge in [0.15, 0.2) is 0 Å². The highest BCUT2D eigenvalue weighted by molar-refractivity contribution is 5.36. The number of hydrogen-bond donors (Lipinski definition) is 0. The van der Waals surface area contributed by atoms with Crippen LogP contribution in [-0.4, -0.2) is 0 Å². The minimum Gasteiger partial charge on any atom is -0.458 e. The molecule has 0 bridgehead atoms. The van der Waals surface area contributed by atoms with Crippen LogP contribution in [0.3, 0.4) is 0 Å². The Bertz CT molecular complexity index is 472. The third-order valence-corrected chi connectivity index (χ3v) is 2.65. The Morgan fingerprint density at radius 2 is 1.89 bits per heavy atom. The van der Waals surface area contributed by atoms with Crippen molar-refractivity contribution in [3.63, 3.8) is 0 Å². The minimum atomic E-state index is 0.897. The molecule has 19 heavy (non-hydrogen) atoms. The van der Waals surface area contributed by atoms with Crippen LogP contribution in [0.1, 0.15) is 38.8 Å². The van der Waals surface area contributed by atoms with E-state index in [-0.39, 0.29) is 0 Å². The molecule has 1 aromatic carbocycles. The SMILES string of the molecule is C#C.C/C=C(\C=C(C)C)Oc1ccc(CC)c(C)c1. The summed E-state index contributed by atoms with van der Waals surface area (Å²) in [4.78, 5) is 0. The lowest BCUT2D eigenvalue weighted by Crippen LogP contribution is -1.94. The second-order valence-corrected chi connectivity index (χ2v) is 4.46. The third kappa shape index (κ3) is 5.97. The molecule has 1 rings (SSSR count). The highest BCUT2D eigenvalue weighted by atomic mass is 16.5. The van der Waals surface area contributed by atoms with Gasteiger partial charge >= 0.3 is 0 Å². The highest BCUT2D eigenvalue weighted by Crippen LogP contribution is 2.20. The third-order valence-electron chi connectivity index (χ3n) is 2.65. The van der Waals surface area contributed by atoms with Gasteiger partial charge in [0.2, 0.25) is 0 Å². The number of aryl methyl sites for hydroxylation is 2. The van der Waals surface area contributed by atoms with Gasteiger partial charge in [0.1, 0.15) is 11.5 Å². The molecule has 0 aliphatic heterocycles. The van der Waals surface area contributed by atoms with E-state index in [1.165, 1.54) is 16.7 Å². The first-order valence-electron chi connectivity index (χ1n) is 6.48. The molecular formula is C18H24O. The second kappa shape index (κ2) is 9.05. The van der Waals surface area contributed by atoms with Gasteiger partial charge in [0.05, 0.1) is 0 Å². The van der Waals surface area contributed by atoms with Crippen LogP contribution >= 0.6 is 0 Å². The Kier molecular flexibility index (Phi) is 8.13. The Balaban J connectivity index is 0.00000154. The smallest absolute Gasteiger partial charge is 0.127 e. The fourth-order valence-electron chi connectivity index (χ4n) is 1.72. The Morgan fingerprint density at radius 1 is 1.26 bits per heavy atom. The van der Waals surface area contributed by atoms with Crippen molar-refractivity contribution in [2.75, 3.05) is 0 Å². The van der Waals surface area contributed by atoms with Gasteiger partial charge in [-0.3, -0.25) is 0 Å². The summed E-state index contributed by atoms with van der Waals surface area (Å²) in [6.45, 7) is 10.4. The van der Waals surface area contributed by atoms with Crippen LogP contribution in [0.15, 0.2) is 41.7 Å². The maximum Gasteiger partial charge on any atom is 0.127 e. The van der Waals surface area contributed by atoms with Gasteiger partial charge in [-0.1, -0.05) is 18.6 Å². The quantitative estimate of drug-likeness (QED) is 0.416. The van der Waals surface area contributed by atoms with Crippen molar-refractivity contribution in [3.8, 4) is 18.6 Å². The molecule has 0 saturated carbocycles. The average Bonchev–Trinajstić information content (AvgIpc) is 2.40. The zero-order chi connectivity index (χ0) is 14.8. The topological polar surface area (TPSA) is 9.23 Å². The Morgan fingerprint density at radius 3 is 2.32 bits per heavy atom. The lowest BCUT2D eigenvalue weighted by Gasteiger charge is -2.09. The van der Waals surface area contributed by atoms with E-state index < -0.39 is 0 Å². The maximum absolute atomic E-state index is 5.84. The molecule has 0 amide bonds. The molecule has 0 N–H and O–H groups in total. The van der Waals surface area contributed by atoms with E-state index in [2.05, 4.69) is 52.7 Å². The maximum atomic E-state index is 5.84. The zero-order valence-corrected chi connectivity index (χ0v) is 12.7. The summed E-state index contributed by atoms with van der Waals surface area (Å²) >= 11 is 0. The molecule has 0 saturated heterocycles. The molecule has 0 heterocycles. The van der Waals surface area contributed by atoms with Crippen molar-refractivity contribution in [1.29, 1.82) is 0 Å². The van der Waals surface area contributed by atoms with E-state index >= 15 is 0 Å². The van der Waals surface area contributed by atoms with Gasteiger partial charge < -0.3 is 4.74 Å². The molecule has 0 fully saturated rings. The minimum absolute atomic E-state index is 0.897. The number of rotatable bonds is 4. The van der Waals surface area contributed by atoms with Gasteiger partial charge in [0.25, 0.3) is 0 Å². The summed E-state index contributed by atoms with van der Waals surface area (Å²) in [6.07, 6.45) is 13.1. The highest BCUT2D eigenvalue weighted by Gasteiger charge is 2.01. The van der Waals surface area contributed by atoms with Crippen LogP contribution in [0.4, 0.5) is 0 Å². The van der Waals surface area contributed by atoms with Gasteiger partial charge in [-0.2, -0.15) is 0 Å². The molecule has 0 radical (unpaired) electrons. The fraction of sp³-hybridized carbons (Fsp3) is 0.333. The van der Waals surface area contributed by atoms with E-state index in [4.69, 9.17) is 4.74 Å². The molecule has 0 aliphatic rings. The normalized spacial score (nSPS) is 10.2. The largest absolute Gasteiger partial charge is 0.458 e. The number of benzene rings is 1. The van der Waals surface area contributed by atoms with E-state index in [0.717, 1.165) is 17.9 Å². The van der Waals surface area contributed by atoms with Crippen LogP contribution in [0.25, 0.3) is 0 Å². The molecule has 0 atom stereocenters. The van der Waals surface area contributed by atoms with Crippen molar-refractivity contribution in [3.05, 3.63) is 52.8 Å². The van der Waals surface area contributed by atoms with E-state index in [9.17, 15) is 0 Å². The number of allylic oxidation sites excluding steroid dienone is 3. The first-order valence-corrected chi connectivity index (χ1v) is 6.48. The first kappa shape index (κ1) is 17.1. The van der Waals surface area contributed by atoms with E-state index in [1.807, 2.05) is 25.1 Å². The molecule has 0 aliphatic carbocycles. The summed E-state index contributed by atoms with van der Waals surface area (Å²) in [6, 6.07) is 6.27. The summed E-state index contributed by atoms with van der Waals surface area (Å²) in [5.74, 6) is 1.80. The van der Waals surface area contributed by atoms with Crippen LogP contribution in [-0.2, 0) is 6.42 Å². The predicted octanol–water partition coefficient (Wildman–Crippen LogP) is 5.06. The lowest BCUT2D eigenvalue weighted by atomic mass is 10.1. The van der Waals surface area contributed by atoms with Gasteiger partial charge in [-0.25, -0.2) is 0 Å². The van der Waals surface area contributed by atoms with Gasteiger partial charge in [0, 0.05) is 0 Å². The number of hydrogen-bond acceptors (Lipinski definition) is 1. The lowest BCUT2D eigenvalue weighted by molar-refractivity contribution is 0.442. The molecule has 1 nitrogen and oxygen atoms in total. The first-order chi connectivity index (χ1) is 9.06. The van der Waals surface area contributed by atoms with Crippen molar-refractivity contribution < 1.29 is 4.74 Å². The number of terminal acetylenes is 1. The van der Waals surface area contributed by atoms with Crippen molar-refractivity contribution in [2.45, 2.75) is 41.0 Å². The summed E-state index contributed by atoms with van der Waals surface area (Å²) in [5, 5.41) is 0. The standard InChI is InChI=1S/C16H22O.C2H2/c1-6-14-8-9-16(11-13(14)5)17-15(7-2)10-12(3)4;1-2/h7-11H,6H2,1-5H3;1-2H/b15-7+;. The summed E-state index contributed by atoms with van der Waals surface area (Å²) < 4.78 is 5.84. The molecule has 1 heteroatoms. The van der Waals surface area contributed by atoms with Gasteiger partial charge in [-0.15, -0.1) is 12.8 Å². The van der Waals surface area contributed by atoms with Crippen LogP contribution in [0.5, 0.6) is 5.75 Å². The molecule has 0 unspecified atom stereocenters. The Labute approximate surface area is 118 Å². The van der Waals surface area contributed by atoms with Crippen LogP contribution in [0.2, 0.25) is 0 Å². The number of ether oxygens (including phenoxy) is 1. The molecule has 0 aromatic heterocycles. The molecule has 1 aromatic rings. The van der Waals surface area contributed by atoms with Crippen molar-refractivity contribution in [2.24, 2.45) is 0 Å². The average molecular weight is 256 g/mol. The van der Waals surface area contributed by atoms with Crippen molar-refractivity contribution in [1.82, 2.24) is 0 Å².